The summed E-state index contributed by atoms with van der Waals surface area (Å²) in [5.74, 6) is 0.725. The quantitative estimate of drug-likeness (QED) is 0.403. The number of nitrogens with zero attached hydrogens (tertiary/aromatic N) is 5. The number of urea groups is 1. The van der Waals surface area contributed by atoms with Crippen LogP contribution in [0.5, 0.6) is 11.5 Å². The fourth-order valence-corrected chi connectivity index (χ4v) is 5.37. The summed E-state index contributed by atoms with van der Waals surface area (Å²) in [6, 6.07) is 12.2. The van der Waals surface area contributed by atoms with E-state index in [1.54, 1.807) is 42.3 Å². The predicted octanol–water partition coefficient (Wildman–Crippen LogP) is 4.86. The van der Waals surface area contributed by atoms with Crippen LogP contribution < -0.4 is 19.7 Å². The van der Waals surface area contributed by atoms with E-state index < -0.39 is 5.82 Å². The molecule has 2 aromatic carbocycles. The lowest BCUT2D eigenvalue weighted by atomic mass is 10.1. The second kappa shape index (κ2) is 12.8. The maximum atomic E-state index is 15.2. The zero-order valence-electron chi connectivity index (χ0n) is 22.9. The van der Waals surface area contributed by atoms with Gasteiger partial charge in [-0.1, -0.05) is 6.42 Å². The molecule has 2 fully saturated rings. The van der Waals surface area contributed by atoms with Gasteiger partial charge in [-0.15, -0.1) is 0 Å². The number of likely N-dealkylation sites (tertiary alicyclic amines) is 1. The van der Waals surface area contributed by atoms with Gasteiger partial charge in [0, 0.05) is 49.9 Å². The number of carbonyl (C=O) groups is 1. The van der Waals surface area contributed by atoms with Gasteiger partial charge in [-0.3, -0.25) is 4.98 Å². The maximum Gasteiger partial charge on any atom is 0.321 e. The molecule has 0 bridgehead atoms. The van der Waals surface area contributed by atoms with E-state index in [0.717, 1.165) is 26.1 Å². The largest absolute Gasteiger partial charge is 0.493 e. The fourth-order valence-electron chi connectivity index (χ4n) is 5.37. The first-order valence-corrected chi connectivity index (χ1v) is 13.9. The molecule has 3 aromatic rings. The summed E-state index contributed by atoms with van der Waals surface area (Å²) in [6.45, 7) is 5.70. The number of nitrogens with one attached hydrogen (secondary N) is 1. The van der Waals surface area contributed by atoms with Crippen molar-refractivity contribution in [1.82, 2.24) is 14.8 Å². The SMILES string of the molecule is COc1cc2c(N3CCN(C(=O)Nc4ccc(C#N)cc4)CC3)c(F)cnc2cc1OCCCN1CCCCC1. The molecule has 10 heteroatoms. The molecule has 2 amide bonds. The fraction of sp³-hybridized carbons (Fsp3) is 0.433. The standard InChI is InChI=1S/C30H35FN6O3/c1-39-27-18-24-26(19-28(27)40-17-5-12-35-10-3-2-4-11-35)33-21-25(31)29(24)36-13-15-37(16-14-36)30(38)34-23-8-6-22(20-32)7-9-23/h6-9,18-19,21H,2-5,10-17H2,1H3,(H,34,38). The molecule has 0 atom stereocenters. The van der Waals surface area contributed by atoms with Gasteiger partial charge >= 0.3 is 6.03 Å². The van der Waals surface area contributed by atoms with E-state index in [1.807, 2.05) is 11.0 Å². The van der Waals surface area contributed by atoms with E-state index in [0.29, 0.717) is 72.1 Å². The topological polar surface area (TPSA) is 94.0 Å². The highest BCUT2D eigenvalue weighted by Gasteiger charge is 2.25. The number of amides is 2. The molecule has 0 radical (unpaired) electrons. The summed E-state index contributed by atoms with van der Waals surface area (Å²) < 4.78 is 26.9. The predicted molar refractivity (Wildman–Crippen MR) is 153 cm³/mol. The molecular weight excluding hydrogens is 511 g/mol. The second-order valence-electron chi connectivity index (χ2n) is 10.2. The zero-order chi connectivity index (χ0) is 27.9. The first-order valence-electron chi connectivity index (χ1n) is 13.9. The number of halogens is 1. The monoisotopic (exact) mass is 546 g/mol. The van der Waals surface area contributed by atoms with Crippen LogP contribution in [0.2, 0.25) is 0 Å². The molecule has 0 saturated carbocycles. The molecule has 0 unspecified atom stereocenters. The zero-order valence-corrected chi connectivity index (χ0v) is 22.9. The van der Waals surface area contributed by atoms with Crippen LogP contribution in [0.15, 0.2) is 42.6 Å². The second-order valence-corrected chi connectivity index (χ2v) is 10.2. The van der Waals surface area contributed by atoms with E-state index in [2.05, 4.69) is 21.3 Å². The van der Waals surface area contributed by atoms with Gasteiger partial charge in [-0.05, 0) is 62.7 Å². The van der Waals surface area contributed by atoms with Crippen molar-refractivity contribution in [3.05, 3.63) is 54.0 Å². The van der Waals surface area contributed by atoms with Crippen LogP contribution in [-0.2, 0) is 0 Å². The van der Waals surface area contributed by atoms with Gasteiger partial charge in [-0.2, -0.15) is 5.26 Å². The highest BCUT2D eigenvalue weighted by atomic mass is 19.1. The van der Waals surface area contributed by atoms with Gasteiger partial charge < -0.3 is 29.5 Å². The Hall–Kier alpha value is -4.10. The number of methoxy groups -OCH3 is 1. The molecule has 0 spiro atoms. The van der Waals surface area contributed by atoms with Crippen molar-refractivity contribution >= 4 is 28.3 Å². The van der Waals surface area contributed by atoms with E-state index in [9.17, 15) is 4.79 Å². The molecule has 5 rings (SSSR count). The Kier molecular flexibility index (Phi) is 8.81. The number of aromatic nitrogens is 1. The molecule has 40 heavy (non-hydrogen) atoms. The number of ether oxygens (including phenoxy) is 2. The third-order valence-electron chi connectivity index (χ3n) is 7.55. The first kappa shape index (κ1) is 27.5. The van der Waals surface area contributed by atoms with E-state index >= 15 is 4.39 Å². The van der Waals surface area contributed by atoms with Crippen LogP contribution in [0.3, 0.4) is 0 Å². The number of pyridine rings is 1. The molecule has 210 valence electrons. The third-order valence-corrected chi connectivity index (χ3v) is 7.55. The summed E-state index contributed by atoms with van der Waals surface area (Å²) in [4.78, 5) is 23.2. The third kappa shape index (κ3) is 6.37. The number of piperidine rings is 1. The van der Waals surface area contributed by atoms with Gasteiger partial charge in [0.15, 0.2) is 17.3 Å². The average Bonchev–Trinajstić information content (AvgIpc) is 3.00. The minimum atomic E-state index is -0.416. The maximum absolute atomic E-state index is 15.2. The highest BCUT2D eigenvalue weighted by Crippen LogP contribution is 2.37. The van der Waals surface area contributed by atoms with Crippen LogP contribution in [0, 0.1) is 17.1 Å². The lowest BCUT2D eigenvalue weighted by Gasteiger charge is -2.36. The van der Waals surface area contributed by atoms with Crippen molar-refractivity contribution in [2.75, 3.05) is 69.7 Å². The molecule has 1 N–H and O–H groups in total. The summed E-state index contributed by atoms with van der Waals surface area (Å²) in [6.07, 6.45) is 6.03. The Morgan fingerprint density at radius 2 is 1.80 bits per heavy atom. The van der Waals surface area contributed by atoms with Gasteiger partial charge in [0.05, 0.1) is 42.8 Å². The Morgan fingerprint density at radius 1 is 1.05 bits per heavy atom. The Balaban J connectivity index is 1.23. The number of anilines is 2. The highest BCUT2D eigenvalue weighted by molar-refractivity contribution is 5.94. The van der Waals surface area contributed by atoms with Crippen molar-refractivity contribution in [2.24, 2.45) is 0 Å². The molecule has 2 saturated heterocycles. The number of piperazine rings is 1. The van der Waals surface area contributed by atoms with Crippen molar-refractivity contribution in [3.63, 3.8) is 0 Å². The van der Waals surface area contributed by atoms with Crippen LogP contribution in [-0.4, -0.2) is 80.3 Å². The van der Waals surface area contributed by atoms with Crippen LogP contribution in [0.25, 0.3) is 10.9 Å². The Labute approximate surface area is 234 Å². The Morgan fingerprint density at radius 3 is 2.50 bits per heavy atom. The number of carbonyl (C=O) groups excluding carboxylic acids is 1. The van der Waals surface area contributed by atoms with Gasteiger partial charge in [-0.25, -0.2) is 9.18 Å². The summed E-state index contributed by atoms with van der Waals surface area (Å²) in [5, 5.41) is 12.5. The van der Waals surface area contributed by atoms with Crippen LogP contribution in [0.1, 0.15) is 31.2 Å². The van der Waals surface area contributed by atoms with E-state index in [4.69, 9.17) is 14.7 Å². The number of hydrogen-bond donors (Lipinski definition) is 1. The normalized spacial score (nSPS) is 16.0. The average molecular weight is 547 g/mol. The number of rotatable bonds is 8. The summed E-state index contributed by atoms with van der Waals surface area (Å²) in [7, 11) is 1.58. The summed E-state index contributed by atoms with van der Waals surface area (Å²) >= 11 is 0. The van der Waals surface area contributed by atoms with Gasteiger partial charge in [0.25, 0.3) is 0 Å². The summed E-state index contributed by atoms with van der Waals surface area (Å²) in [5.41, 5.74) is 2.23. The minimum absolute atomic E-state index is 0.229. The van der Waals surface area contributed by atoms with E-state index in [-0.39, 0.29) is 6.03 Å². The van der Waals surface area contributed by atoms with Crippen molar-refractivity contribution in [1.29, 1.82) is 5.26 Å². The lowest BCUT2D eigenvalue weighted by molar-refractivity contribution is 0.203. The molecule has 0 aliphatic carbocycles. The molecule has 2 aliphatic rings. The molecule has 2 aliphatic heterocycles. The van der Waals surface area contributed by atoms with Crippen molar-refractivity contribution in [2.45, 2.75) is 25.7 Å². The molecule has 3 heterocycles. The number of fused-ring (bicyclic) bond motifs is 1. The van der Waals surface area contributed by atoms with Gasteiger partial charge in [0.2, 0.25) is 0 Å². The molecule has 1 aromatic heterocycles. The Bertz CT molecular complexity index is 1360. The van der Waals surface area contributed by atoms with Crippen LogP contribution in [0.4, 0.5) is 20.6 Å². The minimum Gasteiger partial charge on any atom is -0.493 e. The number of nitriles is 1. The lowest BCUT2D eigenvalue weighted by Crippen LogP contribution is -2.50. The van der Waals surface area contributed by atoms with E-state index in [1.165, 1.54) is 25.5 Å². The van der Waals surface area contributed by atoms with Crippen LogP contribution >= 0.6 is 0 Å². The van der Waals surface area contributed by atoms with Crippen molar-refractivity contribution < 1.29 is 18.7 Å². The molecule has 9 nitrogen and oxygen atoms in total. The number of benzene rings is 2. The van der Waals surface area contributed by atoms with Gasteiger partial charge in [0.1, 0.15) is 0 Å². The first-order chi connectivity index (χ1) is 19.6. The smallest absolute Gasteiger partial charge is 0.321 e. The molecular formula is C30H35FN6O3. The number of hydrogen-bond acceptors (Lipinski definition) is 7. The van der Waals surface area contributed by atoms with Crippen molar-refractivity contribution in [3.8, 4) is 17.6 Å².